The molecule has 2 unspecified atom stereocenters. The van der Waals surface area contributed by atoms with E-state index in [9.17, 15) is 0 Å². The molecule has 0 aromatic rings. The number of rotatable bonds is 9. The van der Waals surface area contributed by atoms with Crippen molar-refractivity contribution in [2.75, 3.05) is 45.8 Å². The molecule has 19 heavy (non-hydrogen) atoms. The summed E-state index contributed by atoms with van der Waals surface area (Å²) in [5.41, 5.74) is 0. The summed E-state index contributed by atoms with van der Waals surface area (Å²) in [5, 5.41) is 3.75. The van der Waals surface area contributed by atoms with Gasteiger partial charge in [-0.1, -0.05) is 20.8 Å². The minimum atomic E-state index is 0.672. The van der Waals surface area contributed by atoms with Crippen LogP contribution in [-0.2, 0) is 0 Å². The predicted molar refractivity (Wildman–Crippen MR) is 84.7 cm³/mol. The van der Waals surface area contributed by atoms with Crippen molar-refractivity contribution in [3.63, 3.8) is 0 Å². The van der Waals surface area contributed by atoms with Crippen molar-refractivity contribution in [3.8, 4) is 0 Å². The maximum Gasteiger partial charge on any atom is 0.00792 e. The molecule has 0 bridgehead atoms. The Labute approximate surface area is 120 Å². The van der Waals surface area contributed by atoms with Crippen LogP contribution in [0.25, 0.3) is 0 Å². The van der Waals surface area contributed by atoms with Crippen LogP contribution in [-0.4, -0.2) is 61.7 Å². The van der Waals surface area contributed by atoms with Crippen molar-refractivity contribution in [2.45, 2.75) is 53.0 Å². The maximum atomic E-state index is 3.75. The SMILES string of the molecule is CCN(CC)CCCNC(C)C1CCCN(CC)C1. The van der Waals surface area contributed by atoms with Crippen LogP contribution in [0, 0.1) is 5.92 Å². The molecule has 0 aromatic carbocycles. The van der Waals surface area contributed by atoms with Crippen LogP contribution in [0.15, 0.2) is 0 Å². The summed E-state index contributed by atoms with van der Waals surface area (Å²) in [5.74, 6) is 0.849. The fraction of sp³-hybridized carbons (Fsp3) is 1.00. The van der Waals surface area contributed by atoms with Crippen LogP contribution < -0.4 is 5.32 Å². The quantitative estimate of drug-likeness (QED) is 0.649. The van der Waals surface area contributed by atoms with Crippen molar-refractivity contribution in [2.24, 2.45) is 5.92 Å². The third-order valence-electron chi connectivity index (χ3n) is 4.71. The van der Waals surface area contributed by atoms with Crippen molar-refractivity contribution < 1.29 is 0 Å². The summed E-state index contributed by atoms with van der Waals surface area (Å²) in [6.07, 6.45) is 4.06. The first kappa shape index (κ1) is 16.9. The first-order valence-electron chi connectivity index (χ1n) is 8.39. The second kappa shape index (κ2) is 9.73. The monoisotopic (exact) mass is 269 g/mol. The Morgan fingerprint density at radius 3 is 2.63 bits per heavy atom. The molecule has 3 nitrogen and oxygen atoms in total. The Kier molecular flexibility index (Phi) is 8.67. The highest BCUT2D eigenvalue weighted by Gasteiger charge is 2.23. The largest absolute Gasteiger partial charge is 0.314 e. The predicted octanol–water partition coefficient (Wildman–Crippen LogP) is 2.43. The van der Waals surface area contributed by atoms with Crippen LogP contribution in [0.3, 0.4) is 0 Å². The zero-order chi connectivity index (χ0) is 14.1. The normalized spacial score (nSPS) is 22.9. The first-order valence-corrected chi connectivity index (χ1v) is 8.39. The molecule has 1 aliphatic heterocycles. The molecule has 0 spiro atoms. The van der Waals surface area contributed by atoms with Gasteiger partial charge in [0.1, 0.15) is 0 Å². The van der Waals surface area contributed by atoms with Crippen LogP contribution >= 0.6 is 0 Å². The smallest absolute Gasteiger partial charge is 0.00792 e. The Morgan fingerprint density at radius 2 is 2.00 bits per heavy atom. The van der Waals surface area contributed by atoms with Gasteiger partial charge in [-0.05, 0) is 71.4 Å². The molecule has 1 saturated heterocycles. The molecule has 0 amide bonds. The Bertz CT molecular complexity index is 216. The van der Waals surface area contributed by atoms with Crippen molar-refractivity contribution >= 4 is 0 Å². The van der Waals surface area contributed by atoms with Gasteiger partial charge in [0, 0.05) is 12.6 Å². The highest BCUT2D eigenvalue weighted by molar-refractivity contribution is 4.80. The number of hydrogen-bond acceptors (Lipinski definition) is 3. The second-order valence-electron chi connectivity index (χ2n) is 5.92. The molecule has 1 heterocycles. The molecule has 1 N–H and O–H groups in total. The van der Waals surface area contributed by atoms with Gasteiger partial charge in [-0.2, -0.15) is 0 Å². The van der Waals surface area contributed by atoms with Crippen LogP contribution in [0.1, 0.15) is 47.0 Å². The standard InChI is InChI=1S/C16H35N3/c1-5-18(6-2)13-9-11-17-15(4)16-10-8-12-19(7-3)14-16/h15-17H,5-14H2,1-4H3. The van der Waals surface area contributed by atoms with Gasteiger partial charge in [0.2, 0.25) is 0 Å². The third kappa shape index (κ3) is 6.24. The zero-order valence-electron chi connectivity index (χ0n) is 13.6. The maximum absolute atomic E-state index is 3.75. The van der Waals surface area contributed by atoms with Crippen molar-refractivity contribution in [1.82, 2.24) is 15.1 Å². The molecule has 3 heteroatoms. The van der Waals surface area contributed by atoms with Gasteiger partial charge < -0.3 is 15.1 Å². The van der Waals surface area contributed by atoms with Gasteiger partial charge in [-0.25, -0.2) is 0 Å². The van der Waals surface area contributed by atoms with E-state index >= 15 is 0 Å². The summed E-state index contributed by atoms with van der Waals surface area (Å²) in [4.78, 5) is 5.11. The van der Waals surface area contributed by atoms with Gasteiger partial charge in [0.25, 0.3) is 0 Å². The van der Waals surface area contributed by atoms with Crippen molar-refractivity contribution in [1.29, 1.82) is 0 Å². The van der Waals surface area contributed by atoms with E-state index in [-0.39, 0.29) is 0 Å². The lowest BCUT2D eigenvalue weighted by atomic mass is 9.91. The molecular weight excluding hydrogens is 234 g/mol. The van der Waals surface area contributed by atoms with Gasteiger partial charge in [0.15, 0.2) is 0 Å². The molecule has 1 fully saturated rings. The molecule has 1 rings (SSSR count). The lowest BCUT2D eigenvalue weighted by molar-refractivity contribution is 0.156. The van der Waals surface area contributed by atoms with Crippen molar-refractivity contribution in [3.05, 3.63) is 0 Å². The van der Waals surface area contributed by atoms with E-state index in [0.29, 0.717) is 6.04 Å². The molecule has 114 valence electrons. The van der Waals surface area contributed by atoms with Gasteiger partial charge in [-0.15, -0.1) is 0 Å². The molecular formula is C16H35N3. The molecule has 2 atom stereocenters. The number of likely N-dealkylation sites (tertiary alicyclic amines) is 1. The van der Waals surface area contributed by atoms with Crippen LogP contribution in [0.5, 0.6) is 0 Å². The molecule has 0 aliphatic carbocycles. The number of nitrogens with zero attached hydrogens (tertiary/aromatic N) is 2. The summed E-state index contributed by atoms with van der Waals surface area (Å²) in [7, 11) is 0. The zero-order valence-corrected chi connectivity index (χ0v) is 13.6. The average Bonchev–Trinajstić information content (AvgIpc) is 2.47. The average molecular weight is 269 g/mol. The highest BCUT2D eigenvalue weighted by Crippen LogP contribution is 2.19. The van der Waals surface area contributed by atoms with Gasteiger partial charge >= 0.3 is 0 Å². The number of piperidine rings is 1. The molecule has 0 radical (unpaired) electrons. The number of hydrogen-bond donors (Lipinski definition) is 1. The van der Waals surface area contributed by atoms with Gasteiger partial charge in [-0.3, -0.25) is 0 Å². The van der Waals surface area contributed by atoms with E-state index < -0.39 is 0 Å². The van der Waals surface area contributed by atoms with E-state index in [4.69, 9.17) is 0 Å². The Morgan fingerprint density at radius 1 is 1.26 bits per heavy atom. The number of nitrogens with one attached hydrogen (secondary N) is 1. The molecule has 0 aromatic heterocycles. The third-order valence-corrected chi connectivity index (χ3v) is 4.71. The topological polar surface area (TPSA) is 18.5 Å². The lowest BCUT2D eigenvalue weighted by Gasteiger charge is -2.35. The molecule has 1 aliphatic rings. The summed E-state index contributed by atoms with van der Waals surface area (Å²) in [6, 6.07) is 0.672. The van der Waals surface area contributed by atoms with E-state index in [1.807, 2.05) is 0 Å². The van der Waals surface area contributed by atoms with E-state index in [1.165, 1.54) is 65.1 Å². The van der Waals surface area contributed by atoms with Crippen LogP contribution in [0.2, 0.25) is 0 Å². The lowest BCUT2D eigenvalue weighted by Crippen LogP contribution is -2.44. The van der Waals surface area contributed by atoms with E-state index in [0.717, 1.165) is 5.92 Å². The van der Waals surface area contributed by atoms with Crippen LogP contribution in [0.4, 0.5) is 0 Å². The summed E-state index contributed by atoms with van der Waals surface area (Å²) >= 11 is 0. The fourth-order valence-electron chi connectivity index (χ4n) is 3.13. The van der Waals surface area contributed by atoms with E-state index in [1.54, 1.807) is 0 Å². The van der Waals surface area contributed by atoms with Gasteiger partial charge in [0.05, 0.1) is 0 Å². The Hall–Kier alpha value is -0.120. The molecule has 0 saturated carbocycles. The fourth-order valence-corrected chi connectivity index (χ4v) is 3.13. The first-order chi connectivity index (χ1) is 9.21. The highest BCUT2D eigenvalue weighted by atomic mass is 15.1. The summed E-state index contributed by atoms with van der Waals surface area (Å²) in [6.45, 7) is 17.7. The summed E-state index contributed by atoms with van der Waals surface area (Å²) < 4.78 is 0. The second-order valence-corrected chi connectivity index (χ2v) is 5.92. The Balaban J connectivity index is 2.14. The van der Waals surface area contributed by atoms with E-state index in [2.05, 4.69) is 42.8 Å². The minimum absolute atomic E-state index is 0.672. The minimum Gasteiger partial charge on any atom is -0.314 e.